The Morgan fingerprint density at radius 3 is 1.82 bits per heavy atom. The number of aliphatic hydroxyl groups excluding tert-OH is 4. The van der Waals surface area contributed by atoms with E-state index in [4.69, 9.17) is 21.8 Å². The van der Waals surface area contributed by atoms with E-state index in [-0.39, 0.29) is 0 Å². The van der Waals surface area contributed by atoms with Gasteiger partial charge in [0.1, 0.15) is 17.8 Å². The van der Waals surface area contributed by atoms with Crippen molar-refractivity contribution < 1.29 is 26.9 Å². The minimum Gasteiger partial charge on any atom is -0.394 e. The van der Waals surface area contributed by atoms with E-state index in [1.165, 1.54) is 0 Å². The van der Waals surface area contributed by atoms with Gasteiger partial charge in [-0.1, -0.05) is 0 Å². The molecular formula is C6H14O5. The molecule has 0 aromatic carbocycles. The summed E-state index contributed by atoms with van der Waals surface area (Å²) in [5, 5.41) is 44.2. The highest BCUT2D eigenvalue weighted by atomic mass is 16.4. The molecular weight excluding hydrogens is 152 g/mol. The molecule has 5 nitrogen and oxygen atoms in total. The Morgan fingerprint density at radius 1 is 1.27 bits per heavy atom. The topological polar surface area (TPSA) is 101 Å². The molecule has 5 N–H and O–H groups in total. The molecule has 0 amide bonds. The summed E-state index contributed by atoms with van der Waals surface area (Å²) in [5.74, 6) is 0. The van der Waals surface area contributed by atoms with E-state index in [0.717, 1.165) is 0 Å². The van der Waals surface area contributed by atoms with Crippen LogP contribution in [-0.2, 0) is 0 Å². The molecule has 0 fully saturated rings. The van der Waals surface area contributed by atoms with Gasteiger partial charge >= 0.3 is 0 Å². The first kappa shape index (κ1) is 8.89. The molecule has 0 spiro atoms. The highest BCUT2D eigenvalue weighted by molar-refractivity contribution is 4.88. The van der Waals surface area contributed by atoms with E-state index in [2.05, 4.69) is 0 Å². The Kier molecular flexibility index (Phi) is 3.22. The second-order valence-electron chi connectivity index (χ2n) is 2.39. The van der Waals surface area contributed by atoms with Gasteiger partial charge in [0.05, 0.1) is 13.2 Å². The molecule has 0 aromatic heterocycles. The third kappa shape index (κ3) is 2.39. The van der Waals surface area contributed by atoms with Crippen LogP contribution in [0, 0.1) is 0 Å². The molecule has 0 aromatic rings. The number of hydrogen-bond acceptors (Lipinski definition) is 5. The summed E-state index contributed by atoms with van der Waals surface area (Å²) in [6.45, 7) is -2.24. The highest BCUT2D eigenvalue weighted by Crippen LogP contribution is 2.14. The van der Waals surface area contributed by atoms with Gasteiger partial charge < -0.3 is 25.5 Å². The minimum atomic E-state index is -2.16. The van der Waals surface area contributed by atoms with Crippen LogP contribution in [0.2, 0.25) is 0 Å². The van der Waals surface area contributed by atoms with E-state index < -0.39 is 37.9 Å². The van der Waals surface area contributed by atoms with Gasteiger partial charge in [-0.3, -0.25) is 0 Å². The van der Waals surface area contributed by atoms with E-state index in [1.807, 2.05) is 0 Å². The Hall–Kier alpha value is -0.200. The number of aliphatic hydroxyl groups is 5. The van der Waals surface area contributed by atoms with Crippen LogP contribution < -0.4 is 0 Å². The summed E-state index contributed by atoms with van der Waals surface area (Å²) < 4.78 is 6.83. The van der Waals surface area contributed by atoms with E-state index in [0.29, 0.717) is 0 Å². The van der Waals surface area contributed by atoms with Crippen molar-refractivity contribution in [3.8, 4) is 0 Å². The molecule has 0 bridgehead atoms. The molecule has 0 heterocycles. The van der Waals surface area contributed by atoms with Crippen molar-refractivity contribution in [3.63, 3.8) is 0 Å². The Morgan fingerprint density at radius 2 is 1.64 bits per heavy atom. The van der Waals surface area contributed by atoms with Gasteiger partial charge in [-0.25, -0.2) is 0 Å². The van der Waals surface area contributed by atoms with Crippen molar-refractivity contribution in [2.45, 2.75) is 24.7 Å². The zero-order chi connectivity index (χ0) is 9.78. The van der Waals surface area contributed by atoms with Crippen LogP contribution in [0.1, 0.15) is 8.27 Å². The van der Waals surface area contributed by atoms with Gasteiger partial charge in [-0.2, -0.15) is 0 Å². The van der Waals surface area contributed by atoms with Crippen molar-refractivity contribution in [1.29, 1.82) is 0 Å². The smallest absolute Gasteiger partial charge is 0.118 e. The SMILES string of the molecule is [2H]CC(O)([C@H](O)CO)[C@H](O)CO. The van der Waals surface area contributed by atoms with E-state index >= 15 is 0 Å². The molecule has 0 unspecified atom stereocenters. The van der Waals surface area contributed by atoms with Gasteiger partial charge in [-0.15, -0.1) is 0 Å². The number of hydrogen-bond donors (Lipinski definition) is 5. The lowest BCUT2D eigenvalue weighted by molar-refractivity contribution is -0.156. The van der Waals surface area contributed by atoms with Gasteiger partial charge in [0.25, 0.3) is 0 Å². The fourth-order valence-corrected chi connectivity index (χ4v) is 0.538. The second kappa shape index (κ2) is 3.99. The summed E-state index contributed by atoms with van der Waals surface area (Å²) >= 11 is 0. The molecule has 68 valence electrons. The fourth-order valence-electron chi connectivity index (χ4n) is 0.538. The largest absolute Gasteiger partial charge is 0.394 e. The van der Waals surface area contributed by atoms with Crippen molar-refractivity contribution in [2.24, 2.45) is 0 Å². The third-order valence-corrected chi connectivity index (χ3v) is 1.50. The monoisotopic (exact) mass is 167 g/mol. The third-order valence-electron chi connectivity index (χ3n) is 1.50. The quantitative estimate of drug-likeness (QED) is 0.317. The van der Waals surface area contributed by atoms with Gasteiger partial charge in [0.15, 0.2) is 0 Å². The zero-order valence-corrected chi connectivity index (χ0v) is 6.01. The first-order chi connectivity index (χ1) is 5.52. The van der Waals surface area contributed by atoms with Crippen LogP contribution in [0.5, 0.6) is 0 Å². The molecule has 0 radical (unpaired) electrons. The van der Waals surface area contributed by atoms with Gasteiger partial charge in [-0.05, 0) is 6.90 Å². The van der Waals surface area contributed by atoms with Crippen molar-refractivity contribution >= 4 is 0 Å². The summed E-state index contributed by atoms with van der Waals surface area (Å²) in [5.41, 5.74) is -2.16. The van der Waals surface area contributed by atoms with Crippen LogP contribution in [0.3, 0.4) is 0 Å². The van der Waals surface area contributed by atoms with Crippen molar-refractivity contribution in [3.05, 3.63) is 0 Å². The number of rotatable bonds is 4. The molecule has 0 aliphatic heterocycles. The predicted molar refractivity (Wildman–Crippen MR) is 36.8 cm³/mol. The van der Waals surface area contributed by atoms with Crippen LogP contribution in [-0.4, -0.2) is 56.6 Å². The maximum Gasteiger partial charge on any atom is 0.118 e. The summed E-state index contributed by atoms with van der Waals surface area (Å²) in [6.07, 6.45) is -3.26. The lowest BCUT2D eigenvalue weighted by atomic mass is 9.93. The molecule has 0 saturated heterocycles. The summed E-state index contributed by atoms with van der Waals surface area (Å²) in [6, 6.07) is 0. The molecule has 0 rings (SSSR count). The van der Waals surface area contributed by atoms with Crippen LogP contribution in [0.25, 0.3) is 0 Å². The van der Waals surface area contributed by atoms with E-state index in [9.17, 15) is 5.11 Å². The average Bonchev–Trinajstić information content (AvgIpc) is 2.13. The van der Waals surface area contributed by atoms with Gasteiger partial charge in [0.2, 0.25) is 0 Å². The first-order valence-corrected chi connectivity index (χ1v) is 3.12. The average molecular weight is 167 g/mol. The zero-order valence-electron chi connectivity index (χ0n) is 7.01. The minimum absolute atomic E-state index is 0.698. The lowest BCUT2D eigenvalue weighted by Crippen LogP contribution is -2.52. The van der Waals surface area contributed by atoms with E-state index in [1.54, 1.807) is 0 Å². The standard InChI is InChI=1S/C6H14O5/c1-6(11,4(9)2-7)5(10)3-8/h4-5,7-11H,2-3H2,1H3/t4-,5-/m1/s1/i1D. The van der Waals surface area contributed by atoms with Crippen LogP contribution in [0.15, 0.2) is 0 Å². The molecule has 2 atom stereocenters. The molecule has 0 aliphatic rings. The maximum atomic E-state index is 9.35. The fraction of sp³-hybridized carbons (Fsp3) is 1.00. The summed E-state index contributed by atoms with van der Waals surface area (Å²) in [7, 11) is 0. The first-order valence-electron chi connectivity index (χ1n) is 3.83. The maximum absolute atomic E-state index is 9.35. The highest BCUT2D eigenvalue weighted by Gasteiger charge is 2.37. The van der Waals surface area contributed by atoms with Crippen LogP contribution in [0.4, 0.5) is 0 Å². The lowest BCUT2D eigenvalue weighted by Gasteiger charge is -2.31. The van der Waals surface area contributed by atoms with Crippen molar-refractivity contribution in [2.75, 3.05) is 13.2 Å². The summed E-state index contributed by atoms with van der Waals surface area (Å²) in [4.78, 5) is 0. The Balaban J connectivity index is 4.42. The predicted octanol–water partition coefficient (Wildman–Crippen LogP) is -2.56. The normalized spacial score (nSPS) is 19.2. The molecule has 5 heteroatoms. The second-order valence-corrected chi connectivity index (χ2v) is 2.39. The Bertz CT molecular complexity index is 121. The van der Waals surface area contributed by atoms with Gasteiger partial charge in [0, 0.05) is 1.37 Å². The molecule has 0 saturated carbocycles. The van der Waals surface area contributed by atoms with Crippen LogP contribution >= 0.6 is 0 Å². The molecule has 0 aliphatic carbocycles. The Labute approximate surface area is 65.9 Å². The molecule has 11 heavy (non-hydrogen) atoms. The van der Waals surface area contributed by atoms with Crippen molar-refractivity contribution in [1.82, 2.24) is 0 Å².